The van der Waals surface area contributed by atoms with Gasteiger partial charge in [0.2, 0.25) is 11.8 Å². The molecule has 0 aromatic carbocycles. The van der Waals surface area contributed by atoms with Crippen LogP contribution in [0.15, 0.2) is 29.1 Å². The van der Waals surface area contributed by atoms with E-state index in [2.05, 4.69) is 9.97 Å². The molecule has 2 aromatic heterocycles. The highest BCUT2D eigenvalue weighted by Crippen LogP contribution is 2.17. The highest BCUT2D eigenvalue weighted by Gasteiger charge is 2.10. The standard InChI is InChI=1S/C10H9N3O2/c1-6-5-13-8(4-7(6)9(11)14)10-12-2-3-15-10/h2-5H,1H3,(H2,11,14). The molecule has 15 heavy (non-hydrogen) atoms. The van der Waals surface area contributed by atoms with Crippen LogP contribution in [0.4, 0.5) is 0 Å². The molecule has 0 aliphatic heterocycles. The van der Waals surface area contributed by atoms with E-state index in [1.807, 2.05) is 0 Å². The Morgan fingerprint density at radius 3 is 2.87 bits per heavy atom. The SMILES string of the molecule is Cc1cnc(-c2ncco2)cc1C(N)=O. The smallest absolute Gasteiger partial charge is 0.249 e. The topological polar surface area (TPSA) is 82.0 Å². The zero-order valence-corrected chi connectivity index (χ0v) is 8.10. The van der Waals surface area contributed by atoms with Crippen molar-refractivity contribution in [2.24, 2.45) is 5.73 Å². The highest BCUT2D eigenvalue weighted by atomic mass is 16.3. The summed E-state index contributed by atoms with van der Waals surface area (Å²) >= 11 is 0. The first-order chi connectivity index (χ1) is 7.18. The fourth-order valence-electron chi connectivity index (χ4n) is 1.26. The van der Waals surface area contributed by atoms with Crippen molar-refractivity contribution in [3.05, 3.63) is 35.9 Å². The van der Waals surface area contributed by atoms with Crippen LogP contribution in [0.25, 0.3) is 11.6 Å². The van der Waals surface area contributed by atoms with Crippen molar-refractivity contribution in [1.29, 1.82) is 0 Å². The van der Waals surface area contributed by atoms with E-state index in [-0.39, 0.29) is 0 Å². The van der Waals surface area contributed by atoms with Gasteiger partial charge in [-0.05, 0) is 18.6 Å². The molecule has 0 saturated heterocycles. The first-order valence-corrected chi connectivity index (χ1v) is 4.35. The Balaban J connectivity index is 2.52. The molecule has 0 aliphatic rings. The maximum absolute atomic E-state index is 11.1. The van der Waals surface area contributed by atoms with Crippen LogP contribution in [0, 0.1) is 6.92 Å². The summed E-state index contributed by atoms with van der Waals surface area (Å²) in [7, 11) is 0. The molecule has 0 bridgehead atoms. The summed E-state index contributed by atoms with van der Waals surface area (Å²) in [5, 5.41) is 0. The molecule has 0 saturated carbocycles. The van der Waals surface area contributed by atoms with Crippen molar-refractivity contribution in [2.75, 3.05) is 0 Å². The van der Waals surface area contributed by atoms with Gasteiger partial charge in [-0.3, -0.25) is 9.78 Å². The van der Waals surface area contributed by atoms with Crippen LogP contribution in [0.2, 0.25) is 0 Å². The molecule has 5 heteroatoms. The number of nitrogens with two attached hydrogens (primary N) is 1. The number of carbonyl (C=O) groups is 1. The van der Waals surface area contributed by atoms with Crippen LogP contribution in [0.5, 0.6) is 0 Å². The fourth-order valence-corrected chi connectivity index (χ4v) is 1.26. The lowest BCUT2D eigenvalue weighted by Gasteiger charge is -2.02. The molecule has 0 atom stereocenters. The van der Waals surface area contributed by atoms with Gasteiger partial charge in [0.25, 0.3) is 0 Å². The van der Waals surface area contributed by atoms with Crippen molar-refractivity contribution in [2.45, 2.75) is 6.92 Å². The molecule has 0 aliphatic carbocycles. The lowest BCUT2D eigenvalue weighted by molar-refractivity contribution is 0.0999. The molecule has 0 spiro atoms. The molecule has 76 valence electrons. The molecule has 5 nitrogen and oxygen atoms in total. The number of primary amides is 1. The minimum Gasteiger partial charge on any atom is -0.443 e. The average Bonchev–Trinajstić information content (AvgIpc) is 2.71. The number of nitrogens with zero attached hydrogens (tertiary/aromatic N) is 2. The van der Waals surface area contributed by atoms with Crippen LogP contribution < -0.4 is 5.73 Å². The normalized spacial score (nSPS) is 10.2. The van der Waals surface area contributed by atoms with Crippen LogP contribution in [-0.4, -0.2) is 15.9 Å². The Morgan fingerprint density at radius 2 is 2.27 bits per heavy atom. The first-order valence-electron chi connectivity index (χ1n) is 4.35. The second kappa shape index (κ2) is 3.53. The van der Waals surface area contributed by atoms with Gasteiger partial charge in [0, 0.05) is 11.8 Å². The van der Waals surface area contributed by atoms with Crippen LogP contribution >= 0.6 is 0 Å². The number of aromatic nitrogens is 2. The van der Waals surface area contributed by atoms with Crippen molar-refractivity contribution in [3.8, 4) is 11.6 Å². The number of aryl methyl sites for hydroxylation is 1. The van der Waals surface area contributed by atoms with Crippen molar-refractivity contribution < 1.29 is 9.21 Å². The number of amides is 1. The molecule has 2 N–H and O–H groups in total. The van der Waals surface area contributed by atoms with Crippen molar-refractivity contribution >= 4 is 5.91 Å². The van der Waals surface area contributed by atoms with E-state index in [1.165, 1.54) is 12.5 Å². The summed E-state index contributed by atoms with van der Waals surface area (Å²) in [4.78, 5) is 19.1. The van der Waals surface area contributed by atoms with E-state index in [4.69, 9.17) is 10.2 Å². The van der Waals surface area contributed by atoms with Crippen LogP contribution in [-0.2, 0) is 0 Å². The maximum Gasteiger partial charge on any atom is 0.249 e. The Labute approximate surface area is 86.0 Å². The number of carbonyl (C=O) groups excluding carboxylic acids is 1. The molecular weight excluding hydrogens is 194 g/mol. The largest absolute Gasteiger partial charge is 0.443 e. The van der Waals surface area contributed by atoms with Crippen LogP contribution in [0.1, 0.15) is 15.9 Å². The predicted octanol–water partition coefficient (Wildman–Crippen LogP) is 1.14. The number of hydrogen-bond donors (Lipinski definition) is 1. The summed E-state index contributed by atoms with van der Waals surface area (Å²) in [6, 6.07) is 1.57. The Kier molecular flexibility index (Phi) is 2.21. The predicted molar refractivity (Wildman–Crippen MR) is 53.0 cm³/mol. The molecule has 0 fully saturated rings. The van der Waals surface area contributed by atoms with Gasteiger partial charge in [0.15, 0.2) is 0 Å². The van der Waals surface area contributed by atoms with Gasteiger partial charge in [-0.25, -0.2) is 4.98 Å². The summed E-state index contributed by atoms with van der Waals surface area (Å²) in [5.74, 6) is -0.111. The third-order valence-corrected chi connectivity index (χ3v) is 2.02. The number of oxazole rings is 1. The Hall–Kier alpha value is -2.17. The van der Waals surface area contributed by atoms with Gasteiger partial charge >= 0.3 is 0 Å². The van der Waals surface area contributed by atoms with Gasteiger partial charge < -0.3 is 10.2 Å². The monoisotopic (exact) mass is 203 g/mol. The zero-order valence-electron chi connectivity index (χ0n) is 8.10. The van der Waals surface area contributed by atoms with Gasteiger partial charge in [-0.1, -0.05) is 0 Å². The van der Waals surface area contributed by atoms with Gasteiger partial charge in [0.1, 0.15) is 12.0 Å². The molecular formula is C10H9N3O2. The van der Waals surface area contributed by atoms with E-state index >= 15 is 0 Å². The van der Waals surface area contributed by atoms with E-state index in [0.29, 0.717) is 17.1 Å². The van der Waals surface area contributed by atoms with E-state index < -0.39 is 5.91 Å². The molecule has 2 heterocycles. The lowest BCUT2D eigenvalue weighted by Crippen LogP contribution is -2.13. The Bertz CT molecular complexity index is 491. The molecule has 2 rings (SSSR count). The highest BCUT2D eigenvalue weighted by molar-refractivity contribution is 5.94. The number of rotatable bonds is 2. The second-order valence-electron chi connectivity index (χ2n) is 3.09. The van der Waals surface area contributed by atoms with Gasteiger partial charge in [-0.15, -0.1) is 0 Å². The number of hydrogen-bond acceptors (Lipinski definition) is 4. The Morgan fingerprint density at radius 1 is 1.47 bits per heavy atom. The van der Waals surface area contributed by atoms with E-state index in [9.17, 15) is 4.79 Å². The van der Waals surface area contributed by atoms with Gasteiger partial charge in [-0.2, -0.15) is 0 Å². The van der Waals surface area contributed by atoms with Crippen molar-refractivity contribution in [1.82, 2.24) is 9.97 Å². The molecule has 2 aromatic rings. The summed E-state index contributed by atoms with van der Waals surface area (Å²) in [6.45, 7) is 1.77. The zero-order chi connectivity index (χ0) is 10.8. The summed E-state index contributed by atoms with van der Waals surface area (Å²) in [6.07, 6.45) is 4.53. The van der Waals surface area contributed by atoms with Gasteiger partial charge in [0.05, 0.1) is 6.20 Å². The summed E-state index contributed by atoms with van der Waals surface area (Å²) < 4.78 is 5.07. The maximum atomic E-state index is 11.1. The second-order valence-corrected chi connectivity index (χ2v) is 3.09. The van der Waals surface area contributed by atoms with E-state index in [1.54, 1.807) is 19.2 Å². The molecule has 0 radical (unpaired) electrons. The summed E-state index contributed by atoms with van der Waals surface area (Å²) in [5.41, 5.74) is 6.88. The quantitative estimate of drug-likeness (QED) is 0.793. The minimum absolute atomic E-state index is 0.373. The minimum atomic E-state index is -0.484. The molecule has 0 unspecified atom stereocenters. The lowest BCUT2D eigenvalue weighted by atomic mass is 10.1. The van der Waals surface area contributed by atoms with E-state index in [0.717, 1.165) is 5.56 Å². The number of pyridine rings is 1. The fraction of sp³-hybridized carbons (Fsp3) is 0.100. The van der Waals surface area contributed by atoms with Crippen LogP contribution in [0.3, 0.4) is 0 Å². The van der Waals surface area contributed by atoms with Crippen molar-refractivity contribution in [3.63, 3.8) is 0 Å². The first kappa shape index (κ1) is 9.39. The average molecular weight is 203 g/mol. The third-order valence-electron chi connectivity index (χ3n) is 2.02. The third kappa shape index (κ3) is 1.71. The molecule has 1 amide bonds.